The second kappa shape index (κ2) is 8.94. The molecule has 1 atom stereocenters. The number of halogens is 1. The highest BCUT2D eigenvalue weighted by Crippen LogP contribution is 2.46. The van der Waals surface area contributed by atoms with Crippen LogP contribution in [0.2, 0.25) is 5.02 Å². The highest BCUT2D eigenvalue weighted by Gasteiger charge is 2.39. The van der Waals surface area contributed by atoms with Gasteiger partial charge in [0, 0.05) is 29.0 Å². The van der Waals surface area contributed by atoms with E-state index in [4.69, 9.17) is 25.8 Å². The fourth-order valence-corrected chi connectivity index (χ4v) is 5.78. The number of fused-ring (bicyclic) bond motifs is 1. The minimum atomic E-state index is -0.787. The molecule has 7 nitrogen and oxygen atoms in total. The molecule has 0 bridgehead atoms. The molecule has 1 aromatic carbocycles. The average Bonchev–Trinajstić information content (AvgIpc) is 3.50. The Morgan fingerprint density at radius 2 is 2.03 bits per heavy atom. The number of H-pyrrole nitrogens is 1. The second-order valence-corrected chi connectivity index (χ2v) is 10.2. The molecule has 2 aliphatic rings. The van der Waals surface area contributed by atoms with Gasteiger partial charge in [0.2, 0.25) is 0 Å². The van der Waals surface area contributed by atoms with Crippen LogP contribution in [0.25, 0.3) is 32.7 Å². The van der Waals surface area contributed by atoms with E-state index in [-0.39, 0.29) is 6.10 Å². The number of hydrogen-bond acceptors (Lipinski definition) is 7. The molecule has 0 amide bonds. The van der Waals surface area contributed by atoms with Crippen molar-refractivity contribution in [1.29, 1.82) is 0 Å². The van der Waals surface area contributed by atoms with Gasteiger partial charge in [0.1, 0.15) is 34.7 Å². The quantitative estimate of drug-likeness (QED) is 0.382. The van der Waals surface area contributed by atoms with Crippen molar-refractivity contribution >= 4 is 34.0 Å². The summed E-state index contributed by atoms with van der Waals surface area (Å²) in [5, 5.41) is 12.9. The lowest BCUT2D eigenvalue weighted by Crippen LogP contribution is -2.33. The van der Waals surface area contributed by atoms with Gasteiger partial charge < -0.3 is 24.3 Å². The number of aromatic amines is 1. The smallest absolute Gasteiger partial charge is 0.138 e. The summed E-state index contributed by atoms with van der Waals surface area (Å²) in [6.07, 6.45) is 5.97. The molecule has 0 radical (unpaired) electrons. The molecule has 6 rings (SSSR count). The van der Waals surface area contributed by atoms with Crippen molar-refractivity contribution in [3.8, 4) is 27.4 Å². The van der Waals surface area contributed by atoms with Gasteiger partial charge in [0.25, 0.3) is 0 Å². The number of hydrogen-bond donors (Lipinski definition) is 2. The lowest BCUT2D eigenvalue weighted by Gasteiger charge is -2.34. The Labute approximate surface area is 205 Å². The second-order valence-electron chi connectivity index (χ2n) is 8.74. The van der Waals surface area contributed by atoms with Crippen LogP contribution < -0.4 is 4.74 Å². The van der Waals surface area contributed by atoms with Crippen molar-refractivity contribution in [2.24, 2.45) is 0 Å². The Balaban J connectivity index is 1.26. The summed E-state index contributed by atoms with van der Waals surface area (Å²) in [7, 11) is 0. The fourth-order valence-electron chi connectivity index (χ4n) is 4.34. The summed E-state index contributed by atoms with van der Waals surface area (Å²) in [5.41, 5.74) is 2.80. The minimum Gasteiger partial charge on any atom is -0.491 e. The molecular weight excluding hydrogens is 474 g/mol. The lowest BCUT2D eigenvalue weighted by molar-refractivity contribution is -0.101. The number of ether oxygens (including phenoxy) is 3. The summed E-state index contributed by atoms with van der Waals surface area (Å²) in [5.74, 6) is 0.780. The van der Waals surface area contributed by atoms with Crippen LogP contribution in [0, 0.1) is 0 Å². The van der Waals surface area contributed by atoms with Crippen molar-refractivity contribution in [2.45, 2.75) is 31.0 Å². The number of nitrogens with one attached hydrogen (secondary N) is 1. The van der Waals surface area contributed by atoms with Crippen LogP contribution in [-0.4, -0.2) is 52.6 Å². The summed E-state index contributed by atoms with van der Waals surface area (Å²) < 4.78 is 16.9. The maximum absolute atomic E-state index is 10.7. The summed E-state index contributed by atoms with van der Waals surface area (Å²) in [6, 6.07) is 9.97. The SMILES string of the molecule is OC1(c2ncc(-c3c(Cl)cnc4[nH]c(-c5ccc(OCC6COCCO6)cc5)cc34)s2)CCC1. The predicted molar refractivity (Wildman–Crippen MR) is 131 cm³/mol. The maximum Gasteiger partial charge on any atom is 0.138 e. The van der Waals surface area contributed by atoms with Gasteiger partial charge in [-0.25, -0.2) is 9.97 Å². The van der Waals surface area contributed by atoms with Crippen LogP contribution in [-0.2, 0) is 15.1 Å². The molecule has 4 aromatic rings. The molecule has 9 heteroatoms. The third kappa shape index (κ3) is 4.10. The molecule has 1 saturated carbocycles. The molecule has 4 heterocycles. The number of pyridine rings is 1. The fraction of sp³-hybridized carbons (Fsp3) is 0.360. The predicted octanol–water partition coefficient (Wildman–Crippen LogP) is 5.17. The Bertz CT molecular complexity index is 1310. The Hall–Kier alpha value is -2.49. The first-order valence-electron chi connectivity index (χ1n) is 11.4. The average molecular weight is 498 g/mol. The zero-order chi connectivity index (χ0) is 23.1. The van der Waals surface area contributed by atoms with Crippen molar-refractivity contribution in [2.75, 3.05) is 26.4 Å². The molecule has 0 spiro atoms. The maximum atomic E-state index is 10.7. The monoisotopic (exact) mass is 497 g/mol. The Morgan fingerprint density at radius 3 is 2.76 bits per heavy atom. The van der Waals surface area contributed by atoms with Crippen LogP contribution in [0.4, 0.5) is 0 Å². The van der Waals surface area contributed by atoms with E-state index in [2.05, 4.69) is 21.0 Å². The van der Waals surface area contributed by atoms with Gasteiger partial charge in [-0.1, -0.05) is 11.6 Å². The topological polar surface area (TPSA) is 89.5 Å². The van der Waals surface area contributed by atoms with Gasteiger partial charge in [-0.05, 0) is 55.2 Å². The van der Waals surface area contributed by atoms with E-state index in [1.807, 2.05) is 24.3 Å². The van der Waals surface area contributed by atoms with Crippen LogP contribution in [0.3, 0.4) is 0 Å². The first-order chi connectivity index (χ1) is 16.6. The first kappa shape index (κ1) is 22.0. The van der Waals surface area contributed by atoms with Gasteiger partial charge in [-0.2, -0.15) is 0 Å². The van der Waals surface area contributed by atoms with Crippen LogP contribution in [0.15, 0.2) is 42.7 Å². The van der Waals surface area contributed by atoms with Crippen LogP contribution >= 0.6 is 22.9 Å². The normalized spacial score (nSPS) is 19.8. The van der Waals surface area contributed by atoms with Crippen molar-refractivity contribution < 1.29 is 19.3 Å². The van der Waals surface area contributed by atoms with E-state index in [0.29, 0.717) is 31.5 Å². The molecule has 34 heavy (non-hydrogen) atoms. The Kier molecular flexibility index (Phi) is 5.79. The van der Waals surface area contributed by atoms with Crippen LogP contribution in [0.1, 0.15) is 24.3 Å². The largest absolute Gasteiger partial charge is 0.491 e. The first-order valence-corrected chi connectivity index (χ1v) is 12.6. The van der Waals surface area contributed by atoms with Crippen molar-refractivity contribution in [1.82, 2.24) is 15.0 Å². The van der Waals surface area contributed by atoms with E-state index in [1.165, 1.54) is 11.3 Å². The molecule has 3 aromatic heterocycles. The number of nitrogens with zero attached hydrogens (tertiary/aromatic N) is 2. The summed E-state index contributed by atoms with van der Waals surface area (Å²) in [4.78, 5) is 13.3. The minimum absolute atomic E-state index is 0.0337. The zero-order valence-electron chi connectivity index (χ0n) is 18.4. The number of benzene rings is 1. The number of thiazole rings is 1. The molecular formula is C25H24ClN3O4S. The molecule has 1 aliphatic carbocycles. The van der Waals surface area contributed by atoms with Gasteiger partial charge >= 0.3 is 0 Å². The molecule has 1 aliphatic heterocycles. The molecule has 176 valence electrons. The number of rotatable bonds is 6. The Morgan fingerprint density at radius 1 is 1.18 bits per heavy atom. The number of aromatic nitrogens is 3. The third-order valence-electron chi connectivity index (χ3n) is 6.43. The van der Waals surface area contributed by atoms with Crippen LogP contribution in [0.5, 0.6) is 5.75 Å². The van der Waals surface area contributed by atoms with Gasteiger partial charge in [-0.15, -0.1) is 11.3 Å². The summed E-state index contributed by atoms with van der Waals surface area (Å²) >= 11 is 8.09. The molecule has 2 fully saturated rings. The van der Waals surface area contributed by atoms with E-state index >= 15 is 0 Å². The lowest BCUT2D eigenvalue weighted by atomic mass is 9.81. The van der Waals surface area contributed by atoms with E-state index in [9.17, 15) is 5.11 Å². The van der Waals surface area contributed by atoms with E-state index in [0.717, 1.165) is 62.8 Å². The highest BCUT2D eigenvalue weighted by molar-refractivity contribution is 7.15. The van der Waals surface area contributed by atoms with Gasteiger partial charge in [0.05, 0.1) is 29.7 Å². The third-order valence-corrected chi connectivity index (χ3v) is 7.92. The van der Waals surface area contributed by atoms with E-state index in [1.54, 1.807) is 12.4 Å². The standard InChI is InChI=1S/C25H24ClN3O4S/c26-19-11-27-23-18(22(19)21-12-28-24(34-21)25(30)6-1-7-25)10-20(29-23)15-2-4-16(5-3-15)33-14-17-13-31-8-9-32-17/h2-5,10-12,17,30H,1,6-9,13-14H2,(H,27,29). The van der Waals surface area contributed by atoms with Gasteiger partial charge in [0.15, 0.2) is 0 Å². The van der Waals surface area contributed by atoms with Crippen molar-refractivity contribution in [3.63, 3.8) is 0 Å². The number of aliphatic hydroxyl groups is 1. The molecule has 1 unspecified atom stereocenters. The molecule has 1 saturated heterocycles. The summed E-state index contributed by atoms with van der Waals surface area (Å²) in [6.45, 7) is 2.27. The van der Waals surface area contributed by atoms with Gasteiger partial charge in [-0.3, -0.25) is 0 Å². The van der Waals surface area contributed by atoms with E-state index < -0.39 is 5.60 Å². The molecule has 2 N–H and O–H groups in total. The zero-order valence-corrected chi connectivity index (χ0v) is 20.0. The highest BCUT2D eigenvalue weighted by atomic mass is 35.5. The van der Waals surface area contributed by atoms with Crippen molar-refractivity contribution in [3.05, 3.63) is 52.8 Å².